The van der Waals surface area contributed by atoms with Gasteiger partial charge in [-0.1, -0.05) is 11.6 Å². The summed E-state index contributed by atoms with van der Waals surface area (Å²) in [4.78, 5) is 3.58. The highest BCUT2D eigenvalue weighted by Gasteiger charge is 2.19. The summed E-state index contributed by atoms with van der Waals surface area (Å²) in [5.74, 6) is -0.601. The van der Waals surface area contributed by atoms with Gasteiger partial charge >= 0.3 is 0 Å². The average Bonchev–Trinajstić information content (AvgIpc) is 2.38. The van der Waals surface area contributed by atoms with Crippen LogP contribution in [0.5, 0.6) is 0 Å². The summed E-state index contributed by atoms with van der Waals surface area (Å²) in [5, 5.41) is 3.17. The van der Waals surface area contributed by atoms with Crippen LogP contribution in [0.1, 0.15) is 19.3 Å². The minimum Gasteiger partial charge on any atom is -0.370 e. The molecule has 0 unspecified atom stereocenters. The Morgan fingerprint density at radius 3 is 2.77 bits per heavy atom. The zero-order valence-electron chi connectivity index (χ0n) is 11.9. The Morgan fingerprint density at radius 2 is 2.18 bits per heavy atom. The smallest absolute Gasteiger partial charge is 0.243 e. The van der Waals surface area contributed by atoms with Crippen molar-refractivity contribution in [2.75, 3.05) is 13.1 Å². The number of hydrogen-bond donors (Lipinski definition) is 3. The molecule has 4 N–H and O–H groups in total. The van der Waals surface area contributed by atoms with Crippen LogP contribution in [-0.2, 0) is 10.0 Å². The number of benzene rings is 1. The third-order valence-corrected chi connectivity index (χ3v) is 5.06. The first kappa shape index (κ1) is 17.0. The van der Waals surface area contributed by atoms with Crippen molar-refractivity contribution < 1.29 is 12.8 Å². The van der Waals surface area contributed by atoms with Crippen LogP contribution in [0, 0.1) is 5.82 Å². The van der Waals surface area contributed by atoms with Crippen molar-refractivity contribution in [2.24, 2.45) is 10.7 Å². The average molecular weight is 349 g/mol. The summed E-state index contributed by atoms with van der Waals surface area (Å²) >= 11 is 5.59. The van der Waals surface area contributed by atoms with Gasteiger partial charge in [-0.2, -0.15) is 0 Å². The summed E-state index contributed by atoms with van der Waals surface area (Å²) in [5.41, 5.74) is 5.67. The number of hydrogen-bond acceptors (Lipinski definition) is 3. The van der Waals surface area contributed by atoms with Gasteiger partial charge in [0.1, 0.15) is 10.7 Å². The van der Waals surface area contributed by atoms with Gasteiger partial charge in [0.15, 0.2) is 5.96 Å². The Kier molecular flexibility index (Phi) is 5.60. The topological polar surface area (TPSA) is 96.6 Å². The molecule has 0 aliphatic heterocycles. The first-order valence-corrected chi connectivity index (χ1v) is 8.76. The molecule has 122 valence electrons. The van der Waals surface area contributed by atoms with Crippen molar-refractivity contribution >= 4 is 27.6 Å². The van der Waals surface area contributed by atoms with Gasteiger partial charge in [-0.15, -0.1) is 0 Å². The van der Waals surface area contributed by atoms with Crippen molar-refractivity contribution in [1.82, 2.24) is 10.0 Å². The predicted octanol–water partition coefficient (Wildman–Crippen LogP) is 1.21. The van der Waals surface area contributed by atoms with Gasteiger partial charge < -0.3 is 11.1 Å². The van der Waals surface area contributed by atoms with Gasteiger partial charge in [-0.25, -0.2) is 17.5 Å². The lowest BCUT2D eigenvalue weighted by atomic mass is 9.93. The van der Waals surface area contributed by atoms with E-state index in [0.29, 0.717) is 12.0 Å². The summed E-state index contributed by atoms with van der Waals surface area (Å²) in [6, 6.07) is 3.76. The van der Waals surface area contributed by atoms with Gasteiger partial charge in [-0.05, 0) is 37.5 Å². The summed E-state index contributed by atoms with van der Waals surface area (Å²) in [6.07, 6.45) is 3.31. The van der Waals surface area contributed by atoms with Crippen molar-refractivity contribution in [2.45, 2.75) is 30.2 Å². The number of guanidine groups is 1. The van der Waals surface area contributed by atoms with Crippen molar-refractivity contribution in [3.8, 4) is 0 Å². The lowest BCUT2D eigenvalue weighted by molar-refractivity contribution is 0.382. The highest BCUT2D eigenvalue weighted by molar-refractivity contribution is 7.89. The van der Waals surface area contributed by atoms with E-state index in [1.807, 2.05) is 0 Å². The van der Waals surface area contributed by atoms with Gasteiger partial charge in [0, 0.05) is 17.6 Å². The molecule has 1 aromatic carbocycles. The van der Waals surface area contributed by atoms with Crippen LogP contribution in [0.25, 0.3) is 0 Å². The highest BCUT2D eigenvalue weighted by atomic mass is 35.5. The monoisotopic (exact) mass is 348 g/mol. The number of aliphatic imine (C=N–C) groups is 1. The minimum absolute atomic E-state index is 0.0252. The Hall–Kier alpha value is -1.38. The molecule has 0 saturated heterocycles. The zero-order chi connectivity index (χ0) is 16.2. The second-order valence-electron chi connectivity index (χ2n) is 5.01. The van der Waals surface area contributed by atoms with Crippen LogP contribution < -0.4 is 15.8 Å². The van der Waals surface area contributed by atoms with E-state index in [0.717, 1.165) is 25.0 Å². The molecule has 1 aliphatic carbocycles. The van der Waals surface area contributed by atoms with Crippen LogP contribution in [-0.4, -0.2) is 33.5 Å². The maximum Gasteiger partial charge on any atom is 0.243 e. The van der Waals surface area contributed by atoms with Crippen LogP contribution in [0.2, 0.25) is 5.02 Å². The number of nitrogens with two attached hydrogens (primary N) is 1. The molecule has 0 amide bonds. The maximum atomic E-state index is 13.6. The molecule has 0 radical (unpaired) electrons. The molecule has 0 bridgehead atoms. The van der Waals surface area contributed by atoms with Gasteiger partial charge in [-0.3, -0.25) is 4.99 Å². The maximum absolute atomic E-state index is 13.6. The van der Waals surface area contributed by atoms with Crippen molar-refractivity contribution in [3.05, 3.63) is 29.0 Å². The molecular weight excluding hydrogens is 331 g/mol. The fourth-order valence-corrected chi connectivity index (χ4v) is 3.17. The molecule has 6 nitrogen and oxygen atoms in total. The second kappa shape index (κ2) is 7.26. The minimum atomic E-state index is -3.94. The SMILES string of the molecule is NC(=NCCNS(=O)(=O)c1ccc(Cl)cc1F)NC1CCC1. The molecule has 1 aromatic rings. The Morgan fingerprint density at radius 1 is 1.45 bits per heavy atom. The number of nitrogens with zero attached hydrogens (tertiary/aromatic N) is 1. The molecule has 1 fully saturated rings. The summed E-state index contributed by atoms with van der Waals surface area (Å²) in [7, 11) is -3.94. The van der Waals surface area contributed by atoms with Crippen molar-refractivity contribution in [1.29, 1.82) is 0 Å². The van der Waals surface area contributed by atoms with Crippen LogP contribution in [0.3, 0.4) is 0 Å². The third-order valence-electron chi connectivity index (χ3n) is 3.33. The predicted molar refractivity (Wildman–Crippen MR) is 83.9 cm³/mol. The largest absolute Gasteiger partial charge is 0.370 e. The van der Waals surface area contributed by atoms with Crippen molar-refractivity contribution in [3.63, 3.8) is 0 Å². The molecule has 0 atom stereocenters. The summed E-state index contributed by atoms with van der Waals surface area (Å²) in [6.45, 7) is 0.192. The van der Waals surface area contributed by atoms with E-state index in [-0.39, 0.29) is 18.1 Å². The quantitative estimate of drug-likeness (QED) is 0.409. The van der Waals surface area contributed by atoms with E-state index >= 15 is 0 Å². The fourth-order valence-electron chi connectivity index (χ4n) is 1.93. The number of halogens is 2. The molecular formula is C13H18ClFN4O2S. The second-order valence-corrected chi connectivity index (χ2v) is 7.18. The molecule has 1 saturated carbocycles. The van der Waals surface area contributed by atoms with Gasteiger partial charge in [0.05, 0.1) is 6.54 Å². The molecule has 0 spiro atoms. The molecule has 0 heterocycles. The molecule has 22 heavy (non-hydrogen) atoms. The number of nitrogens with one attached hydrogen (secondary N) is 2. The Balaban J connectivity index is 1.85. The Bertz CT molecular complexity index is 662. The molecule has 0 aromatic heterocycles. The van der Waals surface area contributed by atoms with Crippen LogP contribution in [0.4, 0.5) is 4.39 Å². The lowest BCUT2D eigenvalue weighted by Gasteiger charge is -2.26. The summed E-state index contributed by atoms with van der Waals surface area (Å²) < 4.78 is 39.8. The van der Waals surface area contributed by atoms with E-state index in [1.54, 1.807) is 0 Å². The standard InChI is InChI=1S/C13H18ClFN4O2S/c14-9-4-5-12(11(15)8-9)22(20,21)18-7-6-17-13(16)19-10-2-1-3-10/h4-5,8,10,18H,1-3,6-7H2,(H3,16,17,19). The number of rotatable bonds is 6. The fraction of sp³-hybridized carbons (Fsp3) is 0.462. The third kappa shape index (κ3) is 4.56. The van der Waals surface area contributed by atoms with Gasteiger partial charge in [0.2, 0.25) is 10.0 Å². The first-order chi connectivity index (χ1) is 10.4. The van der Waals surface area contributed by atoms with E-state index in [4.69, 9.17) is 17.3 Å². The number of sulfonamides is 1. The highest BCUT2D eigenvalue weighted by Crippen LogP contribution is 2.19. The van der Waals surface area contributed by atoms with Crippen LogP contribution >= 0.6 is 11.6 Å². The van der Waals surface area contributed by atoms with E-state index in [9.17, 15) is 12.8 Å². The Labute approximate surface area is 134 Å². The van der Waals surface area contributed by atoms with E-state index in [1.165, 1.54) is 12.5 Å². The molecule has 1 aliphatic rings. The van der Waals surface area contributed by atoms with E-state index < -0.39 is 20.7 Å². The zero-order valence-corrected chi connectivity index (χ0v) is 13.4. The molecule has 9 heteroatoms. The normalized spacial score (nSPS) is 16.4. The van der Waals surface area contributed by atoms with E-state index in [2.05, 4.69) is 15.0 Å². The lowest BCUT2D eigenvalue weighted by Crippen LogP contribution is -2.44. The first-order valence-electron chi connectivity index (χ1n) is 6.89. The molecule has 2 rings (SSSR count). The van der Waals surface area contributed by atoms with Crippen LogP contribution in [0.15, 0.2) is 28.1 Å². The van der Waals surface area contributed by atoms with Gasteiger partial charge in [0.25, 0.3) is 0 Å².